The van der Waals surface area contributed by atoms with E-state index in [-0.39, 0.29) is 17.6 Å². The number of hydrogen-bond acceptors (Lipinski definition) is 4. The summed E-state index contributed by atoms with van der Waals surface area (Å²) in [5.74, 6) is 0.344. The number of carbonyl (C=O) groups is 2. The summed E-state index contributed by atoms with van der Waals surface area (Å²) < 4.78 is 5.96. The average Bonchev–Trinajstić information content (AvgIpc) is 3.12. The van der Waals surface area contributed by atoms with Gasteiger partial charge in [-0.3, -0.25) is 9.59 Å². The zero-order valence-electron chi connectivity index (χ0n) is 18.2. The Morgan fingerprint density at radius 3 is 2.62 bits per heavy atom. The molecule has 0 spiro atoms. The highest BCUT2D eigenvalue weighted by atomic mass is 35.5. The van der Waals surface area contributed by atoms with E-state index in [0.717, 1.165) is 40.1 Å². The normalized spacial score (nSPS) is 14.2. The molecule has 3 aromatic rings. The van der Waals surface area contributed by atoms with Crippen molar-refractivity contribution in [1.82, 2.24) is 5.43 Å². The number of furan rings is 1. The molecule has 0 saturated heterocycles. The lowest BCUT2D eigenvalue weighted by atomic mass is 9.93. The van der Waals surface area contributed by atoms with Gasteiger partial charge in [-0.1, -0.05) is 29.8 Å². The van der Waals surface area contributed by atoms with Crippen LogP contribution in [-0.2, 0) is 6.42 Å². The molecule has 2 N–H and O–H groups in total. The van der Waals surface area contributed by atoms with Gasteiger partial charge >= 0.3 is 0 Å². The lowest BCUT2D eigenvalue weighted by Crippen LogP contribution is -2.22. The van der Waals surface area contributed by atoms with Crippen molar-refractivity contribution in [3.05, 3.63) is 86.8 Å². The van der Waals surface area contributed by atoms with Crippen molar-refractivity contribution in [3.8, 4) is 0 Å². The van der Waals surface area contributed by atoms with Crippen LogP contribution in [0.25, 0.3) is 0 Å². The lowest BCUT2D eigenvalue weighted by molar-refractivity contribution is 0.0953. The van der Waals surface area contributed by atoms with E-state index >= 15 is 0 Å². The maximum Gasteiger partial charge on any atom is 0.291 e. The molecule has 32 heavy (non-hydrogen) atoms. The molecular weight excluding hydrogens is 426 g/mol. The molecule has 7 heteroatoms. The van der Waals surface area contributed by atoms with Crippen LogP contribution < -0.4 is 10.7 Å². The van der Waals surface area contributed by atoms with Crippen LogP contribution in [-0.4, -0.2) is 17.5 Å². The molecule has 6 nitrogen and oxygen atoms in total. The van der Waals surface area contributed by atoms with E-state index in [1.807, 2.05) is 39.0 Å². The van der Waals surface area contributed by atoms with Gasteiger partial charge in [0.1, 0.15) is 5.76 Å². The van der Waals surface area contributed by atoms with Crippen LogP contribution in [0.2, 0.25) is 5.02 Å². The SMILES string of the molecule is Cc1ccc(C)c(NC(=O)c2oc3c(c2C)/C(=N/NC(=O)c2cccc(Cl)c2)CCC3)c1. The van der Waals surface area contributed by atoms with E-state index in [1.165, 1.54) is 0 Å². The fraction of sp³-hybridized carbons (Fsp3) is 0.240. The minimum absolute atomic E-state index is 0.270. The van der Waals surface area contributed by atoms with Crippen molar-refractivity contribution in [2.24, 2.45) is 5.10 Å². The number of nitrogens with zero attached hydrogens (tertiary/aromatic N) is 1. The first-order valence-corrected chi connectivity index (χ1v) is 10.8. The van der Waals surface area contributed by atoms with Gasteiger partial charge in [-0.2, -0.15) is 5.10 Å². The molecule has 1 aliphatic rings. The number of nitrogens with one attached hydrogen (secondary N) is 2. The molecule has 0 saturated carbocycles. The smallest absolute Gasteiger partial charge is 0.291 e. The first kappa shape index (κ1) is 21.8. The molecule has 1 aliphatic carbocycles. The Kier molecular flexibility index (Phi) is 6.15. The number of fused-ring (bicyclic) bond motifs is 1. The fourth-order valence-corrected chi connectivity index (χ4v) is 4.05. The van der Waals surface area contributed by atoms with Gasteiger partial charge in [0.05, 0.1) is 5.71 Å². The molecule has 0 radical (unpaired) electrons. The highest BCUT2D eigenvalue weighted by molar-refractivity contribution is 6.31. The Bertz CT molecular complexity index is 1240. The number of hydrogen-bond donors (Lipinski definition) is 2. The molecule has 1 aromatic heterocycles. The maximum atomic E-state index is 13.0. The van der Waals surface area contributed by atoms with E-state index in [9.17, 15) is 9.59 Å². The molecule has 4 rings (SSSR count). The monoisotopic (exact) mass is 449 g/mol. The van der Waals surface area contributed by atoms with Gasteiger partial charge in [-0.25, -0.2) is 5.43 Å². The first-order valence-electron chi connectivity index (χ1n) is 10.5. The van der Waals surface area contributed by atoms with E-state index < -0.39 is 0 Å². The predicted molar refractivity (Wildman–Crippen MR) is 126 cm³/mol. The van der Waals surface area contributed by atoms with Gasteiger partial charge in [0.2, 0.25) is 0 Å². The molecule has 164 valence electrons. The van der Waals surface area contributed by atoms with E-state index in [0.29, 0.717) is 29.1 Å². The zero-order chi connectivity index (χ0) is 22.8. The maximum absolute atomic E-state index is 13.0. The third kappa shape index (κ3) is 4.46. The van der Waals surface area contributed by atoms with E-state index in [1.54, 1.807) is 24.3 Å². The zero-order valence-corrected chi connectivity index (χ0v) is 19.0. The molecule has 0 bridgehead atoms. The number of carbonyl (C=O) groups excluding carboxylic acids is 2. The number of anilines is 1. The van der Waals surface area contributed by atoms with Crippen LogP contribution in [0.15, 0.2) is 52.0 Å². The third-order valence-electron chi connectivity index (χ3n) is 5.55. The second-order valence-corrected chi connectivity index (χ2v) is 8.43. The molecule has 0 aliphatic heterocycles. The number of aryl methyl sites for hydroxylation is 3. The number of halogens is 1. The molecule has 0 atom stereocenters. The molecule has 1 heterocycles. The summed E-state index contributed by atoms with van der Waals surface area (Å²) in [5.41, 5.74) is 8.05. The van der Waals surface area contributed by atoms with Crippen molar-refractivity contribution in [2.45, 2.75) is 40.0 Å². The van der Waals surface area contributed by atoms with Crippen molar-refractivity contribution >= 4 is 34.8 Å². The highest BCUT2D eigenvalue weighted by Gasteiger charge is 2.28. The number of amides is 2. The molecule has 0 unspecified atom stereocenters. The van der Waals surface area contributed by atoms with Crippen LogP contribution in [0.3, 0.4) is 0 Å². The van der Waals surface area contributed by atoms with Crippen molar-refractivity contribution in [3.63, 3.8) is 0 Å². The van der Waals surface area contributed by atoms with Crippen LogP contribution in [0, 0.1) is 20.8 Å². The van der Waals surface area contributed by atoms with Gasteiger partial charge < -0.3 is 9.73 Å². The second-order valence-electron chi connectivity index (χ2n) is 7.99. The summed E-state index contributed by atoms with van der Waals surface area (Å²) in [6, 6.07) is 12.6. The summed E-state index contributed by atoms with van der Waals surface area (Å²) >= 11 is 5.97. The summed E-state index contributed by atoms with van der Waals surface area (Å²) in [6.07, 6.45) is 2.22. The molecule has 2 aromatic carbocycles. The Hall–Kier alpha value is -3.38. The minimum atomic E-state index is -0.346. The number of rotatable bonds is 4. The summed E-state index contributed by atoms with van der Waals surface area (Å²) in [7, 11) is 0. The summed E-state index contributed by atoms with van der Waals surface area (Å²) in [6.45, 7) is 5.77. The average molecular weight is 450 g/mol. The molecule has 0 fully saturated rings. The Morgan fingerprint density at radius 1 is 1.03 bits per heavy atom. The fourth-order valence-electron chi connectivity index (χ4n) is 3.86. The minimum Gasteiger partial charge on any atom is -0.455 e. The van der Waals surface area contributed by atoms with Gasteiger partial charge in [-0.15, -0.1) is 0 Å². The van der Waals surface area contributed by atoms with Crippen molar-refractivity contribution in [1.29, 1.82) is 0 Å². The first-order chi connectivity index (χ1) is 15.3. The van der Waals surface area contributed by atoms with E-state index in [4.69, 9.17) is 16.0 Å². The molecule has 2 amide bonds. The topological polar surface area (TPSA) is 83.7 Å². The van der Waals surface area contributed by atoms with Crippen molar-refractivity contribution in [2.75, 3.05) is 5.32 Å². The lowest BCUT2D eigenvalue weighted by Gasteiger charge is -2.13. The van der Waals surface area contributed by atoms with Crippen LogP contribution in [0.4, 0.5) is 5.69 Å². The van der Waals surface area contributed by atoms with E-state index in [2.05, 4.69) is 15.8 Å². The van der Waals surface area contributed by atoms with Gasteiger partial charge in [-0.05, 0) is 69.0 Å². The summed E-state index contributed by atoms with van der Waals surface area (Å²) in [4.78, 5) is 25.4. The van der Waals surface area contributed by atoms with Gasteiger partial charge in [0.15, 0.2) is 5.76 Å². The standard InChI is InChI=1S/C25H24ClN3O3/c1-14-10-11-15(2)20(12-14)27-25(31)23-16(3)22-19(8-5-9-21(22)32-23)28-29-24(30)17-6-4-7-18(26)13-17/h4,6-7,10-13H,5,8-9H2,1-3H3,(H,27,31)(H,29,30)/b28-19+. The Balaban J connectivity index is 1.58. The quantitative estimate of drug-likeness (QED) is 0.510. The number of benzene rings is 2. The van der Waals surface area contributed by atoms with Gasteiger partial charge in [0, 0.05) is 33.8 Å². The van der Waals surface area contributed by atoms with Crippen LogP contribution in [0.1, 0.15) is 61.8 Å². The van der Waals surface area contributed by atoms with Crippen LogP contribution in [0.5, 0.6) is 0 Å². The predicted octanol–water partition coefficient (Wildman–Crippen LogP) is 5.58. The number of hydrazone groups is 1. The highest BCUT2D eigenvalue weighted by Crippen LogP contribution is 2.30. The third-order valence-corrected chi connectivity index (χ3v) is 5.79. The Morgan fingerprint density at radius 2 is 1.84 bits per heavy atom. The van der Waals surface area contributed by atoms with Crippen LogP contribution >= 0.6 is 11.6 Å². The van der Waals surface area contributed by atoms with Gasteiger partial charge in [0.25, 0.3) is 11.8 Å². The van der Waals surface area contributed by atoms with Crippen molar-refractivity contribution < 1.29 is 14.0 Å². The largest absolute Gasteiger partial charge is 0.455 e. The Labute approximate surface area is 191 Å². The summed E-state index contributed by atoms with van der Waals surface area (Å²) in [5, 5.41) is 7.79. The second kappa shape index (κ2) is 9.01. The molecular formula is C25H24ClN3O3.